The maximum Gasteiger partial charge on any atom is 0.324 e. The molecular weight excluding hydrogens is 434 g/mol. The third-order valence-corrected chi connectivity index (χ3v) is 5.37. The van der Waals surface area contributed by atoms with Gasteiger partial charge < -0.3 is 24.6 Å². The number of benzene rings is 2. The molecule has 1 unspecified atom stereocenters. The number of urea groups is 1. The van der Waals surface area contributed by atoms with Crippen molar-refractivity contribution in [2.24, 2.45) is 0 Å². The smallest absolute Gasteiger partial charge is 0.324 e. The van der Waals surface area contributed by atoms with E-state index in [1.54, 1.807) is 47.1 Å². The number of ether oxygens (including phenoxy) is 1. The van der Waals surface area contributed by atoms with Crippen LogP contribution in [-0.4, -0.2) is 51.7 Å². The van der Waals surface area contributed by atoms with Gasteiger partial charge in [-0.05, 0) is 54.0 Å². The fourth-order valence-electron chi connectivity index (χ4n) is 3.31. The second kappa shape index (κ2) is 9.90. The Morgan fingerprint density at radius 3 is 2.66 bits per heavy atom. The van der Waals surface area contributed by atoms with E-state index in [9.17, 15) is 9.90 Å². The zero-order valence-corrected chi connectivity index (χ0v) is 18.2. The first-order valence-corrected chi connectivity index (χ1v) is 10.5. The number of hydrogen-bond donors (Lipinski definition) is 3. The van der Waals surface area contributed by atoms with E-state index >= 15 is 0 Å². The van der Waals surface area contributed by atoms with Crippen LogP contribution in [0, 0.1) is 0 Å². The summed E-state index contributed by atoms with van der Waals surface area (Å²) in [7, 11) is 0. The SMILES string of the molecule is C[C@@H](CO)N1CNC(Nc2ccc(Oc3ccon3)cc2)N(Cc2ccc(Cl)cc2)C1=O. The number of carbonyl (C=O) groups excluding carboxylic acids is 1. The molecule has 32 heavy (non-hydrogen) atoms. The van der Waals surface area contributed by atoms with Gasteiger partial charge in [0.2, 0.25) is 0 Å². The molecule has 0 bridgehead atoms. The number of aliphatic hydroxyl groups is 1. The molecule has 0 saturated carbocycles. The lowest BCUT2D eigenvalue weighted by molar-refractivity contribution is 0.0543. The van der Waals surface area contributed by atoms with Gasteiger partial charge in [0, 0.05) is 16.8 Å². The van der Waals surface area contributed by atoms with Gasteiger partial charge in [-0.3, -0.25) is 10.2 Å². The Bertz CT molecular complexity index is 1010. The van der Waals surface area contributed by atoms with Gasteiger partial charge >= 0.3 is 6.03 Å². The second-order valence-corrected chi connectivity index (χ2v) is 7.85. The third kappa shape index (κ3) is 5.13. The molecule has 1 fully saturated rings. The molecule has 2 aromatic carbocycles. The fraction of sp³-hybridized carbons (Fsp3) is 0.273. The van der Waals surface area contributed by atoms with Crippen molar-refractivity contribution < 1.29 is 19.2 Å². The topological polar surface area (TPSA) is 103 Å². The number of aromatic nitrogens is 1. The Balaban J connectivity index is 1.49. The number of halogens is 1. The molecule has 9 nitrogen and oxygen atoms in total. The van der Waals surface area contributed by atoms with Crippen molar-refractivity contribution in [2.75, 3.05) is 18.6 Å². The molecule has 2 atom stereocenters. The van der Waals surface area contributed by atoms with E-state index in [-0.39, 0.29) is 18.7 Å². The molecule has 1 aliphatic heterocycles. The molecule has 0 spiro atoms. The highest BCUT2D eigenvalue weighted by Gasteiger charge is 2.35. The minimum absolute atomic E-state index is 0.118. The second-order valence-electron chi connectivity index (χ2n) is 7.41. The minimum Gasteiger partial charge on any atom is -0.436 e. The average Bonchev–Trinajstić information content (AvgIpc) is 3.31. The van der Waals surface area contributed by atoms with E-state index in [4.69, 9.17) is 20.9 Å². The molecule has 1 aliphatic rings. The van der Waals surface area contributed by atoms with Crippen molar-refractivity contribution in [3.05, 3.63) is 71.4 Å². The molecule has 4 rings (SSSR count). The third-order valence-electron chi connectivity index (χ3n) is 5.11. The summed E-state index contributed by atoms with van der Waals surface area (Å²) in [6.07, 6.45) is 0.982. The number of anilines is 1. The number of hydrogen-bond acceptors (Lipinski definition) is 7. The van der Waals surface area contributed by atoms with E-state index in [0.717, 1.165) is 11.3 Å². The minimum atomic E-state index is -0.456. The lowest BCUT2D eigenvalue weighted by Gasteiger charge is -2.44. The quantitative estimate of drug-likeness (QED) is 0.474. The molecule has 1 saturated heterocycles. The first-order chi connectivity index (χ1) is 15.5. The number of rotatable bonds is 8. The van der Waals surface area contributed by atoms with Crippen LogP contribution in [0.2, 0.25) is 5.02 Å². The highest BCUT2D eigenvalue weighted by atomic mass is 35.5. The van der Waals surface area contributed by atoms with Crippen LogP contribution in [0.3, 0.4) is 0 Å². The zero-order valence-electron chi connectivity index (χ0n) is 17.4. The first-order valence-electron chi connectivity index (χ1n) is 10.1. The number of amides is 2. The van der Waals surface area contributed by atoms with Crippen molar-refractivity contribution in [1.82, 2.24) is 20.3 Å². The number of carbonyl (C=O) groups is 1. The van der Waals surface area contributed by atoms with Crippen LogP contribution in [0.5, 0.6) is 11.6 Å². The number of nitrogens with zero attached hydrogens (tertiary/aromatic N) is 3. The van der Waals surface area contributed by atoms with Crippen LogP contribution in [0.1, 0.15) is 12.5 Å². The summed E-state index contributed by atoms with van der Waals surface area (Å²) in [5, 5.41) is 20.6. The van der Waals surface area contributed by atoms with Crippen LogP contribution < -0.4 is 15.4 Å². The molecule has 0 radical (unpaired) electrons. The van der Waals surface area contributed by atoms with Crippen LogP contribution in [0.4, 0.5) is 10.5 Å². The Morgan fingerprint density at radius 1 is 1.25 bits per heavy atom. The van der Waals surface area contributed by atoms with Crippen LogP contribution in [0.15, 0.2) is 65.4 Å². The van der Waals surface area contributed by atoms with Crippen molar-refractivity contribution in [3.8, 4) is 11.6 Å². The van der Waals surface area contributed by atoms with E-state index in [1.807, 2.05) is 24.3 Å². The van der Waals surface area contributed by atoms with Gasteiger partial charge in [-0.2, -0.15) is 0 Å². The Labute approximate surface area is 190 Å². The van der Waals surface area contributed by atoms with Gasteiger partial charge in [-0.1, -0.05) is 23.7 Å². The van der Waals surface area contributed by atoms with Gasteiger partial charge in [-0.15, -0.1) is 0 Å². The highest BCUT2D eigenvalue weighted by molar-refractivity contribution is 6.30. The molecule has 2 heterocycles. The molecule has 1 aromatic heterocycles. The van der Waals surface area contributed by atoms with E-state index in [1.165, 1.54) is 6.26 Å². The van der Waals surface area contributed by atoms with Crippen molar-refractivity contribution >= 4 is 23.3 Å². The van der Waals surface area contributed by atoms with Gasteiger partial charge in [0.25, 0.3) is 5.88 Å². The Kier molecular flexibility index (Phi) is 6.79. The lowest BCUT2D eigenvalue weighted by atomic mass is 10.2. The summed E-state index contributed by atoms with van der Waals surface area (Å²) in [5.74, 6) is 0.982. The summed E-state index contributed by atoms with van der Waals surface area (Å²) >= 11 is 6.00. The summed E-state index contributed by atoms with van der Waals surface area (Å²) in [4.78, 5) is 16.5. The highest BCUT2D eigenvalue weighted by Crippen LogP contribution is 2.23. The van der Waals surface area contributed by atoms with Crippen LogP contribution >= 0.6 is 11.6 Å². The standard InChI is InChI=1S/C22H24ClN5O4/c1-15(13-29)28-14-24-21(27(22(28)30)12-16-2-4-17(23)5-3-16)25-18-6-8-19(9-7-18)32-20-10-11-31-26-20/h2-11,15,21,24-25,29H,12-14H2,1H3/t15-,21?/m0/s1. The normalized spacial score (nSPS) is 17.3. The predicted octanol–water partition coefficient (Wildman–Crippen LogP) is 3.68. The van der Waals surface area contributed by atoms with Crippen LogP contribution in [-0.2, 0) is 6.54 Å². The monoisotopic (exact) mass is 457 g/mol. The largest absolute Gasteiger partial charge is 0.436 e. The van der Waals surface area contributed by atoms with Gasteiger partial charge in [0.1, 0.15) is 12.0 Å². The van der Waals surface area contributed by atoms with Gasteiger partial charge in [0.15, 0.2) is 6.29 Å². The van der Waals surface area contributed by atoms with E-state index in [2.05, 4.69) is 15.8 Å². The number of aliphatic hydroxyl groups excluding tert-OH is 1. The molecule has 3 aromatic rings. The molecule has 10 heteroatoms. The summed E-state index contributed by atoms with van der Waals surface area (Å²) in [6.45, 7) is 2.36. The fourth-order valence-corrected chi connectivity index (χ4v) is 3.43. The first kappa shape index (κ1) is 21.9. The van der Waals surface area contributed by atoms with Crippen LogP contribution in [0.25, 0.3) is 0 Å². The molecule has 3 N–H and O–H groups in total. The maximum atomic E-state index is 13.2. The van der Waals surface area contributed by atoms with Crippen molar-refractivity contribution in [3.63, 3.8) is 0 Å². The van der Waals surface area contributed by atoms with Gasteiger partial charge in [-0.25, -0.2) is 4.79 Å². The van der Waals surface area contributed by atoms with Gasteiger partial charge in [0.05, 0.1) is 25.9 Å². The van der Waals surface area contributed by atoms with Crippen molar-refractivity contribution in [2.45, 2.75) is 25.8 Å². The Morgan fingerprint density at radius 2 is 2.00 bits per heavy atom. The summed E-state index contributed by atoms with van der Waals surface area (Å²) < 4.78 is 10.4. The average molecular weight is 458 g/mol. The molecule has 168 valence electrons. The Hall–Kier alpha value is -3.27. The van der Waals surface area contributed by atoms with E-state index < -0.39 is 6.29 Å². The molecular formula is C22H24ClN5O4. The summed E-state index contributed by atoms with van der Waals surface area (Å²) in [6, 6.07) is 15.8. The van der Waals surface area contributed by atoms with E-state index in [0.29, 0.717) is 29.9 Å². The lowest BCUT2D eigenvalue weighted by Crippen LogP contribution is -2.66. The maximum absolute atomic E-state index is 13.2. The molecule has 2 amide bonds. The summed E-state index contributed by atoms with van der Waals surface area (Å²) in [5.41, 5.74) is 1.73. The number of nitrogens with one attached hydrogen (secondary N) is 2. The predicted molar refractivity (Wildman–Crippen MR) is 119 cm³/mol. The van der Waals surface area contributed by atoms with Crippen molar-refractivity contribution in [1.29, 1.82) is 0 Å². The molecule has 0 aliphatic carbocycles. The zero-order chi connectivity index (χ0) is 22.5.